The number of hydrogen-bond acceptors (Lipinski definition) is 8. The van der Waals surface area contributed by atoms with E-state index in [0.717, 1.165) is 18.9 Å². The summed E-state index contributed by atoms with van der Waals surface area (Å²) in [6, 6.07) is 0. The molecule has 3 amide bonds. The first-order valence-electron chi connectivity index (χ1n) is 12.1. The molecule has 3 N–H and O–H groups in total. The maximum atomic E-state index is 11.0. The predicted molar refractivity (Wildman–Crippen MR) is 127 cm³/mol. The Hall–Kier alpha value is -2.85. The summed E-state index contributed by atoms with van der Waals surface area (Å²) in [6.07, 6.45) is 2.89. The molecule has 0 aromatic rings. The quantitative estimate of drug-likeness (QED) is 0.336. The molecular formula is C24H41N3O8. The average Bonchev–Trinajstić information content (AvgIpc) is 3.48. The van der Waals surface area contributed by atoms with E-state index in [1.165, 1.54) is 13.5 Å². The molecule has 0 aliphatic carbocycles. The van der Waals surface area contributed by atoms with Crippen molar-refractivity contribution in [3.05, 3.63) is 0 Å². The highest BCUT2D eigenvalue weighted by Crippen LogP contribution is 2.25. The van der Waals surface area contributed by atoms with Crippen LogP contribution in [0.2, 0.25) is 0 Å². The minimum Gasteiger partial charge on any atom is -0.468 e. The van der Waals surface area contributed by atoms with Crippen LogP contribution in [0, 0.1) is 23.7 Å². The Kier molecular flexibility index (Phi) is 13.1. The van der Waals surface area contributed by atoms with E-state index >= 15 is 0 Å². The number of ether oxygens (including phenoxy) is 3. The molecule has 0 bridgehead atoms. The number of methoxy groups -OCH3 is 1. The first-order valence-corrected chi connectivity index (χ1v) is 12.1. The molecular weight excluding hydrogens is 458 g/mol. The Morgan fingerprint density at radius 1 is 0.943 bits per heavy atom. The minimum atomic E-state index is -0.683. The molecule has 0 aromatic carbocycles. The van der Waals surface area contributed by atoms with Gasteiger partial charge in [-0.2, -0.15) is 0 Å². The molecule has 3 aliphatic rings. The van der Waals surface area contributed by atoms with Crippen molar-refractivity contribution in [3.63, 3.8) is 0 Å². The molecule has 0 aromatic heterocycles. The monoisotopic (exact) mass is 499 g/mol. The highest BCUT2D eigenvalue weighted by atomic mass is 16.7. The smallest absolute Gasteiger partial charge is 0.468 e. The molecule has 3 atom stereocenters. The standard InChI is InChI=1S/C10H17NO4.C8H15NO.C6H9NO3/c1-10(2,15-9(13)14-3)5-7-4-8(12)11-6-7;1-6(2)3-7-4-8(10)9-5-7;8-4-10-3-5-1-6(9)7-2-5/h7H,4-6H2,1-3H3,(H,11,12);6-7H,3-5H2,1-2H3,(H,9,10);4-5H,1-3H2,(H,7,9)/t2*7-;5-/m100/s1. The van der Waals surface area contributed by atoms with Gasteiger partial charge >= 0.3 is 6.16 Å². The fourth-order valence-corrected chi connectivity index (χ4v) is 4.27. The van der Waals surface area contributed by atoms with E-state index < -0.39 is 11.8 Å². The molecule has 0 saturated carbocycles. The van der Waals surface area contributed by atoms with Crippen LogP contribution in [0.4, 0.5) is 4.79 Å². The van der Waals surface area contributed by atoms with Crippen LogP contribution in [0.1, 0.15) is 59.8 Å². The van der Waals surface area contributed by atoms with E-state index in [-0.39, 0.29) is 29.6 Å². The molecule has 200 valence electrons. The molecule has 3 fully saturated rings. The Labute approximate surface area is 207 Å². The maximum Gasteiger partial charge on any atom is 0.508 e. The molecule has 3 aliphatic heterocycles. The lowest BCUT2D eigenvalue weighted by atomic mass is 9.93. The van der Waals surface area contributed by atoms with Crippen molar-refractivity contribution >= 4 is 30.3 Å². The molecule has 11 heteroatoms. The van der Waals surface area contributed by atoms with Gasteiger partial charge in [-0.05, 0) is 44.4 Å². The molecule has 11 nitrogen and oxygen atoms in total. The van der Waals surface area contributed by atoms with E-state index in [9.17, 15) is 24.0 Å². The molecule has 3 rings (SSSR count). The second kappa shape index (κ2) is 15.2. The molecule has 3 saturated heterocycles. The van der Waals surface area contributed by atoms with E-state index in [2.05, 4.69) is 39.3 Å². The molecule has 0 spiro atoms. The van der Waals surface area contributed by atoms with Gasteiger partial charge in [-0.1, -0.05) is 13.8 Å². The van der Waals surface area contributed by atoms with Crippen LogP contribution in [0.3, 0.4) is 0 Å². The predicted octanol–water partition coefficient (Wildman–Crippen LogP) is 1.54. The Balaban J connectivity index is 0.000000271. The van der Waals surface area contributed by atoms with Crippen molar-refractivity contribution in [2.75, 3.05) is 33.4 Å². The number of amides is 3. The number of hydrogen-bond donors (Lipinski definition) is 3. The summed E-state index contributed by atoms with van der Waals surface area (Å²) < 4.78 is 14.0. The Bertz CT molecular complexity index is 726. The van der Waals surface area contributed by atoms with Crippen molar-refractivity contribution < 1.29 is 38.2 Å². The summed E-state index contributed by atoms with van der Waals surface area (Å²) >= 11 is 0. The van der Waals surface area contributed by atoms with E-state index in [4.69, 9.17) is 4.74 Å². The van der Waals surface area contributed by atoms with Gasteiger partial charge in [-0.15, -0.1) is 0 Å². The second-order valence-electron chi connectivity index (χ2n) is 10.2. The van der Waals surface area contributed by atoms with E-state index in [1.807, 2.05) is 13.8 Å². The van der Waals surface area contributed by atoms with Gasteiger partial charge in [0.15, 0.2) is 0 Å². The Morgan fingerprint density at radius 3 is 1.83 bits per heavy atom. The summed E-state index contributed by atoms with van der Waals surface area (Å²) in [5.74, 6) is 2.07. The number of nitrogens with one attached hydrogen (secondary N) is 3. The van der Waals surface area contributed by atoms with E-state index in [0.29, 0.717) is 51.3 Å². The van der Waals surface area contributed by atoms with Gasteiger partial charge in [0.1, 0.15) is 5.60 Å². The van der Waals surface area contributed by atoms with Crippen LogP contribution in [0.5, 0.6) is 0 Å². The van der Waals surface area contributed by atoms with Gasteiger partial charge in [0.2, 0.25) is 17.7 Å². The van der Waals surface area contributed by atoms with Gasteiger partial charge in [0, 0.05) is 44.8 Å². The summed E-state index contributed by atoms with van der Waals surface area (Å²) in [7, 11) is 1.28. The largest absolute Gasteiger partial charge is 0.508 e. The topological polar surface area (TPSA) is 149 Å². The number of carbonyl (C=O) groups excluding carboxylic acids is 5. The molecule has 0 unspecified atom stereocenters. The summed E-state index contributed by atoms with van der Waals surface area (Å²) in [5, 5.41) is 8.23. The van der Waals surface area contributed by atoms with Crippen molar-refractivity contribution in [1.82, 2.24) is 16.0 Å². The van der Waals surface area contributed by atoms with Crippen LogP contribution >= 0.6 is 0 Å². The average molecular weight is 500 g/mol. The normalized spacial score (nSPS) is 23.1. The number of rotatable bonds is 8. The molecule has 0 radical (unpaired) electrons. The lowest BCUT2D eigenvalue weighted by Gasteiger charge is -2.26. The van der Waals surface area contributed by atoms with Crippen LogP contribution in [-0.4, -0.2) is 69.3 Å². The summed E-state index contributed by atoms with van der Waals surface area (Å²) in [5.41, 5.74) is -0.593. The fourth-order valence-electron chi connectivity index (χ4n) is 4.27. The highest BCUT2D eigenvalue weighted by Gasteiger charge is 2.31. The highest BCUT2D eigenvalue weighted by molar-refractivity contribution is 5.79. The van der Waals surface area contributed by atoms with Crippen LogP contribution in [0.25, 0.3) is 0 Å². The third kappa shape index (κ3) is 13.6. The van der Waals surface area contributed by atoms with Gasteiger partial charge in [-0.3, -0.25) is 19.2 Å². The molecule has 3 heterocycles. The van der Waals surface area contributed by atoms with Gasteiger partial charge in [-0.25, -0.2) is 4.79 Å². The third-order valence-corrected chi connectivity index (χ3v) is 5.70. The lowest BCUT2D eigenvalue weighted by Crippen LogP contribution is -2.31. The maximum absolute atomic E-state index is 11.0. The Morgan fingerprint density at radius 2 is 1.43 bits per heavy atom. The first-order chi connectivity index (χ1) is 16.4. The zero-order valence-electron chi connectivity index (χ0n) is 21.5. The number of carbonyl (C=O) groups is 5. The summed E-state index contributed by atoms with van der Waals surface area (Å²) in [6.45, 7) is 11.0. The van der Waals surface area contributed by atoms with Crippen LogP contribution in [-0.2, 0) is 33.4 Å². The van der Waals surface area contributed by atoms with Crippen molar-refractivity contribution in [2.45, 2.75) is 65.4 Å². The fraction of sp³-hybridized carbons (Fsp3) is 0.792. The van der Waals surface area contributed by atoms with Crippen LogP contribution < -0.4 is 16.0 Å². The third-order valence-electron chi connectivity index (χ3n) is 5.70. The van der Waals surface area contributed by atoms with Gasteiger partial charge in [0.25, 0.3) is 6.47 Å². The van der Waals surface area contributed by atoms with Gasteiger partial charge < -0.3 is 30.2 Å². The second-order valence-corrected chi connectivity index (χ2v) is 10.2. The van der Waals surface area contributed by atoms with Gasteiger partial charge in [0.05, 0.1) is 13.7 Å². The van der Waals surface area contributed by atoms with Crippen LogP contribution in [0.15, 0.2) is 0 Å². The molecule has 35 heavy (non-hydrogen) atoms. The minimum absolute atomic E-state index is 0.0412. The zero-order chi connectivity index (χ0) is 26.4. The van der Waals surface area contributed by atoms with Crippen molar-refractivity contribution in [3.8, 4) is 0 Å². The first kappa shape index (κ1) is 30.2. The SMILES string of the molecule is CC(C)C[C@@H]1CNC(=O)C1.COC(=O)OC(C)(C)C[C@@H]1CNC(=O)C1.O=COC[C@@H]1CNC(=O)C1. The zero-order valence-corrected chi connectivity index (χ0v) is 21.5. The van der Waals surface area contributed by atoms with Crippen molar-refractivity contribution in [1.29, 1.82) is 0 Å². The summed E-state index contributed by atoms with van der Waals surface area (Å²) in [4.78, 5) is 52.9. The van der Waals surface area contributed by atoms with E-state index in [1.54, 1.807) is 0 Å². The lowest BCUT2D eigenvalue weighted by molar-refractivity contribution is -0.130. The van der Waals surface area contributed by atoms with Crippen molar-refractivity contribution in [2.24, 2.45) is 23.7 Å².